The first-order valence-corrected chi connectivity index (χ1v) is 11.2. The van der Waals surface area contributed by atoms with Crippen LogP contribution in [0.25, 0.3) is 11.0 Å². The van der Waals surface area contributed by atoms with Crippen molar-refractivity contribution in [1.29, 1.82) is 0 Å². The zero-order valence-corrected chi connectivity index (χ0v) is 18.0. The summed E-state index contributed by atoms with van der Waals surface area (Å²) in [5, 5.41) is 9.52. The average molecular weight is 432 g/mol. The monoisotopic (exact) mass is 431 g/mol. The van der Waals surface area contributed by atoms with E-state index in [9.17, 15) is 14.7 Å². The highest BCUT2D eigenvalue weighted by Gasteiger charge is 2.44. The fourth-order valence-corrected chi connectivity index (χ4v) is 6.20. The second-order valence-electron chi connectivity index (χ2n) is 9.03. The van der Waals surface area contributed by atoms with Crippen molar-refractivity contribution in [2.75, 3.05) is 0 Å². The number of nitrogens with zero attached hydrogens (tertiary/aromatic N) is 3. The molecule has 2 unspecified atom stereocenters. The molecule has 0 spiro atoms. The molecule has 3 heterocycles. The summed E-state index contributed by atoms with van der Waals surface area (Å²) in [6.45, 7) is 0. The van der Waals surface area contributed by atoms with Crippen LogP contribution in [0.2, 0.25) is 0 Å². The first-order valence-electron chi connectivity index (χ1n) is 11.2. The fourth-order valence-electron chi connectivity index (χ4n) is 6.20. The molecule has 0 radical (unpaired) electrons. The van der Waals surface area contributed by atoms with Gasteiger partial charge in [-0.3, -0.25) is 9.69 Å². The number of piperidine rings is 1. The zero-order valence-electron chi connectivity index (χ0n) is 17.2. The lowest BCUT2D eigenvalue weighted by molar-refractivity contribution is 0.0546. The number of para-hydroxylation sites is 2. The number of carboxylic acid groups (broad SMARTS) is 1. The SMILES string of the molecule is Cl.O=C(O)c1nc2ccccc2n(C2CC3CCC(C2)N3C2CCCCCC2)c1=O. The van der Waals surface area contributed by atoms with E-state index < -0.39 is 11.5 Å². The van der Waals surface area contributed by atoms with Crippen LogP contribution in [-0.2, 0) is 0 Å². The Balaban J connectivity index is 0.00000218. The number of hydrogen-bond acceptors (Lipinski definition) is 4. The summed E-state index contributed by atoms with van der Waals surface area (Å²) in [7, 11) is 0. The van der Waals surface area contributed by atoms with Crippen LogP contribution in [0.1, 0.15) is 80.7 Å². The average Bonchev–Trinajstić information content (AvgIpc) is 2.91. The molecule has 30 heavy (non-hydrogen) atoms. The number of hydrogen-bond donors (Lipinski definition) is 1. The molecule has 1 saturated carbocycles. The van der Waals surface area contributed by atoms with Gasteiger partial charge in [-0.1, -0.05) is 37.8 Å². The maximum absolute atomic E-state index is 13.1. The predicted molar refractivity (Wildman–Crippen MR) is 119 cm³/mol. The van der Waals surface area contributed by atoms with Gasteiger partial charge in [-0.25, -0.2) is 9.78 Å². The number of aromatic nitrogens is 2. The van der Waals surface area contributed by atoms with Crippen molar-refractivity contribution < 1.29 is 9.90 Å². The van der Waals surface area contributed by atoms with Crippen molar-refractivity contribution in [1.82, 2.24) is 14.5 Å². The zero-order chi connectivity index (χ0) is 20.0. The molecule has 2 bridgehead atoms. The molecule has 2 aliphatic heterocycles. The normalized spacial score (nSPS) is 27.5. The molecule has 2 aromatic rings. The third-order valence-electron chi connectivity index (χ3n) is 7.37. The first-order chi connectivity index (χ1) is 14.1. The Morgan fingerprint density at radius 2 is 1.53 bits per heavy atom. The van der Waals surface area contributed by atoms with Gasteiger partial charge in [-0.2, -0.15) is 0 Å². The third-order valence-corrected chi connectivity index (χ3v) is 7.37. The van der Waals surface area contributed by atoms with Crippen LogP contribution in [0.15, 0.2) is 29.1 Å². The Kier molecular flexibility index (Phi) is 6.16. The van der Waals surface area contributed by atoms with E-state index in [4.69, 9.17) is 0 Å². The van der Waals surface area contributed by atoms with Crippen LogP contribution in [0.3, 0.4) is 0 Å². The third kappa shape index (κ3) is 3.65. The Hall–Kier alpha value is -1.92. The van der Waals surface area contributed by atoms with Crippen molar-refractivity contribution in [2.45, 2.75) is 88.4 Å². The molecule has 2 atom stereocenters. The molecule has 2 saturated heterocycles. The van der Waals surface area contributed by atoms with E-state index in [2.05, 4.69) is 9.88 Å². The molecule has 6 nitrogen and oxygen atoms in total. The van der Waals surface area contributed by atoms with Crippen LogP contribution in [0, 0.1) is 0 Å². The van der Waals surface area contributed by atoms with Crippen molar-refractivity contribution >= 4 is 29.4 Å². The number of benzene rings is 1. The highest BCUT2D eigenvalue weighted by Crippen LogP contribution is 2.44. The minimum Gasteiger partial charge on any atom is -0.476 e. The van der Waals surface area contributed by atoms with Gasteiger partial charge in [0.1, 0.15) is 0 Å². The molecule has 5 rings (SSSR count). The lowest BCUT2D eigenvalue weighted by atomic mass is 9.92. The lowest BCUT2D eigenvalue weighted by Gasteiger charge is -2.44. The lowest BCUT2D eigenvalue weighted by Crippen LogP contribution is -2.50. The molecule has 1 aliphatic carbocycles. The number of carbonyl (C=O) groups is 1. The maximum atomic E-state index is 13.1. The summed E-state index contributed by atoms with van der Waals surface area (Å²) in [4.78, 5) is 31.7. The van der Waals surface area contributed by atoms with Crippen LogP contribution >= 0.6 is 12.4 Å². The van der Waals surface area contributed by atoms with E-state index in [1.54, 1.807) is 10.6 Å². The minimum atomic E-state index is -1.24. The standard InChI is InChI=1S/C23H29N3O3.ClH/c27-22-21(23(28)29)24-19-9-5-6-10-20(19)26(22)18-13-16-11-12-17(14-18)25(16)15-7-3-1-2-4-8-15;/h5-6,9-10,15-18H,1-4,7-8,11-14H2,(H,28,29);1H. The summed E-state index contributed by atoms with van der Waals surface area (Å²) < 4.78 is 1.75. The highest BCUT2D eigenvalue weighted by atomic mass is 35.5. The largest absolute Gasteiger partial charge is 0.476 e. The van der Waals surface area contributed by atoms with Gasteiger partial charge in [0, 0.05) is 24.2 Å². The van der Waals surface area contributed by atoms with Gasteiger partial charge in [0.05, 0.1) is 11.0 Å². The van der Waals surface area contributed by atoms with Crippen molar-refractivity contribution in [3.63, 3.8) is 0 Å². The maximum Gasteiger partial charge on any atom is 0.360 e. The van der Waals surface area contributed by atoms with E-state index in [0.29, 0.717) is 23.6 Å². The molecular weight excluding hydrogens is 402 g/mol. The molecule has 1 aromatic heterocycles. The first kappa shape index (κ1) is 21.3. The van der Waals surface area contributed by atoms with Gasteiger partial charge >= 0.3 is 5.97 Å². The van der Waals surface area contributed by atoms with E-state index in [0.717, 1.165) is 18.4 Å². The second-order valence-corrected chi connectivity index (χ2v) is 9.03. The van der Waals surface area contributed by atoms with Crippen molar-refractivity contribution in [3.8, 4) is 0 Å². The molecule has 1 N–H and O–H groups in total. The molecule has 3 fully saturated rings. The number of rotatable bonds is 3. The number of halogens is 1. The number of aromatic carboxylic acids is 1. The Labute approximate surface area is 182 Å². The fraction of sp³-hybridized carbons (Fsp3) is 0.609. The predicted octanol–water partition coefficient (Wildman–Crippen LogP) is 4.41. The van der Waals surface area contributed by atoms with Gasteiger partial charge in [0.2, 0.25) is 5.69 Å². The van der Waals surface area contributed by atoms with Crippen LogP contribution in [0.5, 0.6) is 0 Å². The molecule has 162 valence electrons. The highest BCUT2D eigenvalue weighted by molar-refractivity contribution is 5.88. The van der Waals surface area contributed by atoms with E-state index in [1.165, 1.54) is 51.4 Å². The molecule has 7 heteroatoms. The van der Waals surface area contributed by atoms with Gasteiger partial charge in [-0.15, -0.1) is 12.4 Å². The summed E-state index contributed by atoms with van der Waals surface area (Å²) in [6.07, 6.45) is 12.2. The topological polar surface area (TPSA) is 75.4 Å². The minimum absolute atomic E-state index is 0. The van der Waals surface area contributed by atoms with E-state index in [1.807, 2.05) is 18.2 Å². The summed E-state index contributed by atoms with van der Waals surface area (Å²) in [6, 6.07) is 9.19. The Morgan fingerprint density at radius 3 is 2.17 bits per heavy atom. The Bertz CT molecular complexity index is 969. The van der Waals surface area contributed by atoms with Gasteiger partial charge < -0.3 is 9.67 Å². The van der Waals surface area contributed by atoms with Crippen molar-refractivity contribution in [3.05, 3.63) is 40.3 Å². The van der Waals surface area contributed by atoms with Gasteiger partial charge in [-0.05, 0) is 50.7 Å². The number of carboxylic acids is 1. The van der Waals surface area contributed by atoms with Crippen molar-refractivity contribution in [2.24, 2.45) is 0 Å². The molecule has 0 amide bonds. The summed E-state index contributed by atoms with van der Waals surface area (Å²) in [5.41, 5.74) is 0.531. The van der Waals surface area contributed by atoms with Gasteiger partial charge in [0.15, 0.2) is 0 Å². The summed E-state index contributed by atoms with van der Waals surface area (Å²) in [5.74, 6) is -1.24. The molecule has 1 aromatic carbocycles. The van der Waals surface area contributed by atoms with E-state index >= 15 is 0 Å². The summed E-state index contributed by atoms with van der Waals surface area (Å²) >= 11 is 0. The Morgan fingerprint density at radius 1 is 0.900 bits per heavy atom. The number of fused-ring (bicyclic) bond motifs is 3. The van der Waals surface area contributed by atoms with Crippen LogP contribution < -0.4 is 5.56 Å². The van der Waals surface area contributed by atoms with Crippen LogP contribution in [0.4, 0.5) is 0 Å². The van der Waals surface area contributed by atoms with Crippen LogP contribution in [-0.4, -0.2) is 43.7 Å². The molecule has 3 aliphatic rings. The smallest absolute Gasteiger partial charge is 0.360 e. The second kappa shape index (κ2) is 8.67. The quantitative estimate of drug-likeness (QED) is 0.728. The molecular formula is C23H30ClN3O3. The van der Waals surface area contributed by atoms with Gasteiger partial charge in [0.25, 0.3) is 5.56 Å². The van der Waals surface area contributed by atoms with E-state index in [-0.39, 0.29) is 24.1 Å².